The summed E-state index contributed by atoms with van der Waals surface area (Å²) < 4.78 is 0. The fourth-order valence-corrected chi connectivity index (χ4v) is 3.86. The molecule has 2 amide bonds. The van der Waals surface area contributed by atoms with Crippen molar-refractivity contribution in [1.29, 1.82) is 0 Å². The average Bonchev–Trinajstić information content (AvgIpc) is 3.41. The quantitative estimate of drug-likeness (QED) is 0.846. The van der Waals surface area contributed by atoms with Crippen molar-refractivity contribution in [2.24, 2.45) is 5.92 Å². The summed E-state index contributed by atoms with van der Waals surface area (Å²) >= 11 is 1.37. The first kappa shape index (κ1) is 14.6. The minimum absolute atomic E-state index is 0.0630. The number of carbonyl (C=O) groups excluding carboxylic acids is 2. The first-order valence-corrected chi connectivity index (χ1v) is 8.74. The predicted molar refractivity (Wildman–Crippen MR) is 87.2 cm³/mol. The van der Waals surface area contributed by atoms with Gasteiger partial charge in [-0.15, -0.1) is 11.3 Å². The largest absolute Gasteiger partial charge is 0.280 e. The summed E-state index contributed by atoms with van der Waals surface area (Å²) in [5.74, 6) is 1.05. The van der Waals surface area contributed by atoms with Gasteiger partial charge in [0.2, 0.25) is 5.91 Å². The Morgan fingerprint density at radius 2 is 1.83 bits per heavy atom. The maximum absolute atomic E-state index is 12.4. The summed E-state index contributed by atoms with van der Waals surface area (Å²) in [6.45, 7) is 3.87. The van der Waals surface area contributed by atoms with Crippen molar-refractivity contribution in [1.82, 2.24) is 20.8 Å². The first-order chi connectivity index (χ1) is 11.0. The van der Waals surface area contributed by atoms with E-state index >= 15 is 0 Å². The zero-order valence-corrected chi connectivity index (χ0v) is 13.9. The molecular formula is C16H18N4O2S. The first-order valence-electron chi connectivity index (χ1n) is 7.92. The number of carbonyl (C=O) groups is 2. The van der Waals surface area contributed by atoms with E-state index in [-0.39, 0.29) is 17.7 Å². The van der Waals surface area contributed by atoms with Crippen LogP contribution in [0.2, 0.25) is 0 Å². The van der Waals surface area contributed by atoms with Crippen LogP contribution in [-0.4, -0.2) is 21.8 Å². The molecule has 2 saturated carbocycles. The summed E-state index contributed by atoms with van der Waals surface area (Å²) in [4.78, 5) is 34.7. The fraction of sp³-hybridized carbons (Fsp3) is 0.500. The summed E-state index contributed by atoms with van der Waals surface area (Å²) in [7, 11) is 0. The molecule has 2 aromatic heterocycles. The van der Waals surface area contributed by atoms with Crippen LogP contribution in [0.1, 0.15) is 58.4 Å². The van der Waals surface area contributed by atoms with E-state index in [4.69, 9.17) is 0 Å². The Morgan fingerprint density at radius 1 is 1.09 bits per heavy atom. The van der Waals surface area contributed by atoms with E-state index in [1.165, 1.54) is 11.3 Å². The molecule has 0 saturated heterocycles. The molecule has 2 aliphatic rings. The molecular weight excluding hydrogens is 312 g/mol. The van der Waals surface area contributed by atoms with Crippen molar-refractivity contribution in [3.8, 4) is 0 Å². The SMILES string of the molecule is Cc1nc(C2CC2)nc2sc(C(=O)NNC(=O)C3CC3)c(C)c12. The predicted octanol–water partition coefficient (Wildman–Crippen LogP) is 2.36. The smallest absolute Gasteiger partial charge is 0.273 e. The lowest BCUT2D eigenvalue weighted by Crippen LogP contribution is -2.42. The molecule has 0 aliphatic heterocycles. The van der Waals surface area contributed by atoms with Crippen molar-refractivity contribution < 1.29 is 9.59 Å². The van der Waals surface area contributed by atoms with Gasteiger partial charge in [0.1, 0.15) is 10.7 Å². The van der Waals surface area contributed by atoms with Gasteiger partial charge in [-0.1, -0.05) is 0 Å². The summed E-state index contributed by atoms with van der Waals surface area (Å²) in [5.41, 5.74) is 6.82. The van der Waals surface area contributed by atoms with Gasteiger partial charge in [0.25, 0.3) is 5.91 Å². The van der Waals surface area contributed by atoms with Crippen LogP contribution in [0.4, 0.5) is 0 Å². The van der Waals surface area contributed by atoms with E-state index < -0.39 is 0 Å². The van der Waals surface area contributed by atoms with Gasteiger partial charge in [-0.05, 0) is 45.1 Å². The van der Waals surface area contributed by atoms with Crippen LogP contribution in [0.15, 0.2) is 0 Å². The number of amides is 2. The van der Waals surface area contributed by atoms with Crippen LogP contribution in [0.5, 0.6) is 0 Å². The number of hydrogen-bond acceptors (Lipinski definition) is 5. The van der Waals surface area contributed by atoms with Gasteiger partial charge in [-0.25, -0.2) is 9.97 Å². The fourth-order valence-electron chi connectivity index (χ4n) is 2.72. The van der Waals surface area contributed by atoms with Crippen LogP contribution < -0.4 is 10.9 Å². The second-order valence-electron chi connectivity index (χ2n) is 6.40. The lowest BCUT2D eigenvalue weighted by molar-refractivity contribution is -0.123. The van der Waals surface area contributed by atoms with Crippen molar-refractivity contribution >= 4 is 33.4 Å². The molecule has 2 N–H and O–H groups in total. The maximum Gasteiger partial charge on any atom is 0.280 e. The van der Waals surface area contributed by atoms with Crippen LogP contribution in [0.25, 0.3) is 10.2 Å². The maximum atomic E-state index is 12.4. The Kier molecular flexibility index (Phi) is 3.33. The Morgan fingerprint density at radius 3 is 2.48 bits per heavy atom. The van der Waals surface area contributed by atoms with Gasteiger partial charge in [-0.3, -0.25) is 20.4 Å². The minimum Gasteiger partial charge on any atom is -0.273 e. The van der Waals surface area contributed by atoms with Gasteiger partial charge in [0.15, 0.2) is 0 Å². The highest BCUT2D eigenvalue weighted by atomic mass is 32.1. The standard InChI is InChI=1S/C16H18N4O2S/c1-7-11-8(2)17-13(9-3-4-9)18-16(11)23-12(7)15(22)20-19-14(21)10-5-6-10/h9-10H,3-6H2,1-2H3,(H,19,21)(H,20,22). The lowest BCUT2D eigenvalue weighted by Gasteiger charge is -2.05. The van der Waals surface area contributed by atoms with E-state index in [2.05, 4.69) is 20.8 Å². The zero-order valence-electron chi connectivity index (χ0n) is 13.1. The molecule has 23 heavy (non-hydrogen) atoms. The van der Waals surface area contributed by atoms with Gasteiger partial charge >= 0.3 is 0 Å². The molecule has 7 heteroatoms. The lowest BCUT2D eigenvalue weighted by atomic mass is 10.1. The van der Waals surface area contributed by atoms with Crippen molar-refractivity contribution in [2.45, 2.75) is 45.4 Å². The van der Waals surface area contributed by atoms with Gasteiger partial charge in [-0.2, -0.15) is 0 Å². The summed E-state index contributed by atoms with van der Waals surface area (Å²) in [5, 5.41) is 0.957. The summed E-state index contributed by atoms with van der Waals surface area (Å²) in [6.07, 6.45) is 4.11. The number of hydrazine groups is 1. The monoisotopic (exact) mass is 330 g/mol. The Bertz CT molecular complexity index is 821. The molecule has 0 unspecified atom stereocenters. The highest BCUT2D eigenvalue weighted by Crippen LogP contribution is 2.40. The second kappa shape index (κ2) is 5.26. The number of thiophene rings is 1. The number of nitrogens with one attached hydrogen (secondary N) is 2. The molecule has 0 aromatic carbocycles. The number of nitrogens with zero attached hydrogens (tertiary/aromatic N) is 2. The third kappa shape index (κ3) is 2.69. The van der Waals surface area contributed by atoms with Crippen LogP contribution >= 0.6 is 11.3 Å². The topological polar surface area (TPSA) is 84.0 Å². The molecule has 2 fully saturated rings. The number of aromatic nitrogens is 2. The Labute approximate surface area is 137 Å². The molecule has 2 heterocycles. The second-order valence-corrected chi connectivity index (χ2v) is 7.39. The highest BCUT2D eigenvalue weighted by Gasteiger charge is 2.31. The van der Waals surface area contributed by atoms with E-state index in [9.17, 15) is 9.59 Å². The Hall–Kier alpha value is -2.02. The molecule has 6 nitrogen and oxygen atoms in total. The van der Waals surface area contributed by atoms with Crippen LogP contribution in [0.3, 0.4) is 0 Å². The van der Waals surface area contributed by atoms with Gasteiger partial charge in [0.05, 0.1) is 10.6 Å². The van der Waals surface area contributed by atoms with E-state index in [0.717, 1.165) is 53.0 Å². The number of fused-ring (bicyclic) bond motifs is 1. The molecule has 120 valence electrons. The minimum atomic E-state index is -0.285. The van der Waals surface area contributed by atoms with Crippen molar-refractivity contribution in [2.75, 3.05) is 0 Å². The van der Waals surface area contributed by atoms with Crippen LogP contribution in [-0.2, 0) is 4.79 Å². The molecule has 4 rings (SSSR count). The normalized spacial score (nSPS) is 17.3. The van der Waals surface area contributed by atoms with Crippen molar-refractivity contribution in [3.05, 3.63) is 22.0 Å². The molecule has 0 atom stereocenters. The molecule has 0 bridgehead atoms. The number of aryl methyl sites for hydroxylation is 2. The molecule has 0 radical (unpaired) electrons. The number of rotatable bonds is 3. The third-order valence-corrected chi connectivity index (χ3v) is 5.57. The number of hydrogen-bond donors (Lipinski definition) is 2. The average molecular weight is 330 g/mol. The van der Waals surface area contributed by atoms with Gasteiger partial charge in [0, 0.05) is 17.2 Å². The summed E-state index contributed by atoms with van der Waals surface area (Å²) in [6, 6.07) is 0. The van der Waals surface area contributed by atoms with Crippen LogP contribution in [0, 0.1) is 19.8 Å². The zero-order chi connectivity index (χ0) is 16.1. The molecule has 0 spiro atoms. The highest BCUT2D eigenvalue weighted by molar-refractivity contribution is 7.20. The van der Waals surface area contributed by atoms with E-state index in [0.29, 0.717) is 10.8 Å². The van der Waals surface area contributed by atoms with Crippen molar-refractivity contribution in [3.63, 3.8) is 0 Å². The molecule has 2 aromatic rings. The molecule has 2 aliphatic carbocycles. The Balaban J connectivity index is 1.61. The third-order valence-electron chi connectivity index (χ3n) is 4.38. The van der Waals surface area contributed by atoms with E-state index in [1.807, 2.05) is 13.8 Å². The van der Waals surface area contributed by atoms with E-state index in [1.54, 1.807) is 0 Å². The van der Waals surface area contributed by atoms with Gasteiger partial charge < -0.3 is 0 Å².